The number of carbonyl (C=O) groups excluding carboxylic acids is 3. The third kappa shape index (κ3) is 4.93. The molecule has 1 atom stereocenters. The van der Waals surface area contributed by atoms with E-state index in [2.05, 4.69) is 25.8 Å². The number of hydrogen-bond acceptors (Lipinski definition) is 7. The molecule has 0 saturated carbocycles. The van der Waals surface area contributed by atoms with Crippen molar-refractivity contribution in [3.8, 4) is 0 Å². The number of nitrogens with zero attached hydrogens (tertiary/aromatic N) is 2. The molecule has 0 radical (unpaired) electrons. The Kier molecular flexibility index (Phi) is 7.06. The summed E-state index contributed by atoms with van der Waals surface area (Å²) in [6.45, 7) is 11.8. The van der Waals surface area contributed by atoms with Gasteiger partial charge in [-0.25, -0.2) is 9.78 Å². The van der Waals surface area contributed by atoms with Crippen molar-refractivity contribution in [3.63, 3.8) is 0 Å². The Bertz CT molecular complexity index is 1400. The lowest BCUT2D eigenvalue weighted by molar-refractivity contribution is -0.132. The third-order valence-electron chi connectivity index (χ3n) is 6.31. The third-order valence-corrected chi connectivity index (χ3v) is 7.45. The van der Waals surface area contributed by atoms with Crippen molar-refractivity contribution in [3.05, 3.63) is 86.9 Å². The van der Waals surface area contributed by atoms with Crippen LogP contribution in [0.5, 0.6) is 0 Å². The molecule has 1 amide bonds. The van der Waals surface area contributed by atoms with Gasteiger partial charge in [0, 0.05) is 5.56 Å². The Morgan fingerprint density at radius 2 is 1.68 bits per heavy atom. The maximum absolute atomic E-state index is 13.4. The molecule has 1 saturated heterocycles. The van der Waals surface area contributed by atoms with E-state index in [4.69, 9.17) is 4.74 Å². The average molecular weight is 519 g/mol. The second kappa shape index (κ2) is 9.94. The van der Waals surface area contributed by atoms with E-state index in [0.717, 1.165) is 22.5 Å². The number of aromatic nitrogens is 1. The molecule has 0 bridgehead atoms. The zero-order chi connectivity index (χ0) is 27.1. The molecule has 7 nitrogen and oxygen atoms in total. The second-order valence-electron chi connectivity index (χ2n) is 10.0. The number of aliphatic hydroxyl groups is 1. The van der Waals surface area contributed by atoms with Gasteiger partial charge in [0.05, 0.1) is 23.9 Å². The van der Waals surface area contributed by atoms with Crippen LogP contribution < -0.4 is 4.90 Å². The zero-order valence-electron chi connectivity index (χ0n) is 21.8. The lowest BCUT2D eigenvalue weighted by Crippen LogP contribution is -2.29. The minimum Gasteiger partial charge on any atom is -0.507 e. The Labute approximate surface area is 220 Å². The Morgan fingerprint density at radius 1 is 1.05 bits per heavy atom. The fourth-order valence-electron chi connectivity index (χ4n) is 4.25. The number of anilines is 1. The van der Waals surface area contributed by atoms with E-state index < -0.39 is 23.7 Å². The molecule has 1 aliphatic heterocycles. The fraction of sp³-hybridized carbons (Fsp3) is 0.310. The molecule has 192 valence electrons. The van der Waals surface area contributed by atoms with Crippen LogP contribution in [-0.2, 0) is 19.7 Å². The maximum Gasteiger partial charge on any atom is 0.350 e. The van der Waals surface area contributed by atoms with E-state index in [0.29, 0.717) is 16.8 Å². The molecule has 1 N–H and O–H groups in total. The molecule has 8 heteroatoms. The van der Waals surface area contributed by atoms with Crippen LogP contribution in [0.15, 0.2) is 54.1 Å². The van der Waals surface area contributed by atoms with Crippen LogP contribution in [0.2, 0.25) is 0 Å². The standard InChI is InChI=1S/C29H30N2O5S/c1-7-36-27(35)25-17(3)30-28(37-25)31-22(18-12-14-20(15-13-18)29(4,5)6)21(24(33)26(31)34)23(32)19-10-8-16(2)9-11-19/h8-15,22,32H,7H2,1-6H3/b23-21+. The number of benzene rings is 2. The number of amides is 1. The summed E-state index contributed by atoms with van der Waals surface area (Å²) >= 11 is 0.991. The molecular formula is C29H30N2O5S. The van der Waals surface area contributed by atoms with E-state index in [1.807, 2.05) is 43.3 Å². The number of aryl methyl sites for hydroxylation is 2. The first-order chi connectivity index (χ1) is 17.4. The smallest absolute Gasteiger partial charge is 0.350 e. The van der Waals surface area contributed by atoms with Crippen molar-refractivity contribution in [2.45, 2.75) is 53.0 Å². The summed E-state index contributed by atoms with van der Waals surface area (Å²) in [6.07, 6.45) is 0. The molecule has 1 aromatic heterocycles. The van der Waals surface area contributed by atoms with Crippen LogP contribution in [0, 0.1) is 13.8 Å². The summed E-state index contributed by atoms with van der Waals surface area (Å²) < 4.78 is 5.13. The van der Waals surface area contributed by atoms with Gasteiger partial charge in [0.15, 0.2) is 5.13 Å². The van der Waals surface area contributed by atoms with Gasteiger partial charge in [0.25, 0.3) is 5.78 Å². The number of rotatable bonds is 5. The summed E-state index contributed by atoms with van der Waals surface area (Å²) in [5.41, 5.74) is 3.44. The number of esters is 1. The molecule has 3 aromatic rings. The highest BCUT2D eigenvalue weighted by Gasteiger charge is 2.48. The number of ether oxygens (including phenoxy) is 1. The predicted octanol–water partition coefficient (Wildman–Crippen LogP) is 5.86. The summed E-state index contributed by atoms with van der Waals surface area (Å²) in [7, 11) is 0. The minimum absolute atomic E-state index is 0.0251. The van der Waals surface area contributed by atoms with Gasteiger partial charge in [0.2, 0.25) is 0 Å². The Balaban J connectivity index is 1.91. The largest absolute Gasteiger partial charge is 0.507 e. The number of thiazole rings is 1. The number of carbonyl (C=O) groups is 3. The monoisotopic (exact) mass is 518 g/mol. The predicted molar refractivity (Wildman–Crippen MR) is 144 cm³/mol. The van der Waals surface area contributed by atoms with E-state index in [1.54, 1.807) is 26.0 Å². The molecule has 2 heterocycles. The number of hydrogen-bond donors (Lipinski definition) is 1. The first-order valence-corrected chi connectivity index (χ1v) is 12.9. The molecule has 37 heavy (non-hydrogen) atoms. The zero-order valence-corrected chi connectivity index (χ0v) is 22.6. The van der Waals surface area contributed by atoms with Gasteiger partial charge in [-0.15, -0.1) is 0 Å². The van der Waals surface area contributed by atoms with Crippen LogP contribution in [0.1, 0.15) is 71.4 Å². The van der Waals surface area contributed by atoms with Crippen molar-refractivity contribution in [2.24, 2.45) is 0 Å². The first kappa shape index (κ1) is 26.3. The molecule has 1 aliphatic rings. The van der Waals surface area contributed by atoms with Gasteiger partial charge in [-0.3, -0.25) is 14.5 Å². The van der Waals surface area contributed by atoms with Crippen molar-refractivity contribution in [2.75, 3.05) is 11.5 Å². The topological polar surface area (TPSA) is 96.8 Å². The van der Waals surface area contributed by atoms with Crippen molar-refractivity contribution in [1.29, 1.82) is 0 Å². The fourth-order valence-corrected chi connectivity index (χ4v) is 5.24. The molecule has 2 aromatic carbocycles. The van der Waals surface area contributed by atoms with E-state index in [9.17, 15) is 19.5 Å². The molecule has 0 aliphatic carbocycles. The van der Waals surface area contributed by atoms with Crippen LogP contribution >= 0.6 is 11.3 Å². The van der Waals surface area contributed by atoms with E-state index >= 15 is 0 Å². The van der Waals surface area contributed by atoms with Gasteiger partial charge >= 0.3 is 11.9 Å². The number of aliphatic hydroxyl groups excluding tert-OH is 1. The summed E-state index contributed by atoms with van der Waals surface area (Å²) in [5, 5.41) is 11.5. The van der Waals surface area contributed by atoms with E-state index in [1.165, 1.54) is 4.90 Å². The minimum atomic E-state index is -0.920. The second-order valence-corrected chi connectivity index (χ2v) is 11.0. The molecule has 0 spiro atoms. The van der Waals surface area contributed by atoms with Crippen LogP contribution in [0.3, 0.4) is 0 Å². The van der Waals surface area contributed by atoms with Crippen LogP contribution in [0.4, 0.5) is 5.13 Å². The van der Waals surface area contributed by atoms with Gasteiger partial charge in [0.1, 0.15) is 10.6 Å². The highest BCUT2D eigenvalue weighted by atomic mass is 32.1. The number of Topliss-reactive ketones (excluding diaryl/α,β-unsaturated/α-hetero) is 1. The number of ketones is 1. The summed E-state index contributed by atoms with van der Waals surface area (Å²) in [6, 6.07) is 13.8. The molecule has 1 unspecified atom stereocenters. The van der Waals surface area contributed by atoms with Gasteiger partial charge in [-0.2, -0.15) is 0 Å². The van der Waals surface area contributed by atoms with Gasteiger partial charge in [-0.05, 0) is 37.3 Å². The quantitative estimate of drug-likeness (QED) is 0.197. The molecule has 1 fully saturated rings. The van der Waals surface area contributed by atoms with Gasteiger partial charge in [-0.1, -0.05) is 86.2 Å². The van der Waals surface area contributed by atoms with Crippen molar-refractivity contribution < 1.29 is 24.2 Å². The average Bonchev–Trinajstić information content (AvgIpc) is 3.35. The highest BCUT2D eigenvalue weighted by molar-refractivity contribution is 7.17. The SMILES string of the molecule is CCOC(=O)c1sc(N2C(=O)C(=O)/C(=C(/O)c3ccc(C)cc3)C2c2ccc(C(C)(C)C)cc2)nc1C. The first-order valence-electron chi connectivity index (χ1n) is 12.1. The normalized spacial score (nSPS) is 17.4. The van der Waals surface area contributed by atoms with Crippen molar-refractivity contribution in [1.82, 2.24) is 4.98 Å². The lowest BCUT2D eigenvalue weighted by atomic mass is 9.85. The molecule has 4 rings (SSSR count). The lowest BCUT2D eigenvalue weighted by Gasteiger charge is -2.24. The van der Waals surface area contributed by atoms with Crippen LogP contribution in [-0.4, -0.2) is 34.4 Å². The summed E-state index contributed by atoms with van der Waals surface area (Å²) in [4.78, 5) is 45.2. The van der Waals surface area contributed by atoms with Crippen molar-refractivity contribution >= 4 is 39.9 Å². The highest BCUT2D eigenvalue weighted by Crippen LogP contribution is 2.44. The Morgan fingerprint density at radius 3 is 2.24 bits per heavy atom. The molecular weight excluding hydrogens is 488 g/mol. The van der Waals surface area contributed by atoms with E-state index in [-0.39, 0.29) is 33.4 Å². The maximum atomic E-state index is 13.4. The Hall–Kier alpha value is -3.78. The van der Waals surface area contributed by atoms with Crippen LogP contribution in [0.25, 0.3) is 5.76 Å². The van der Waals surface area contributed by atoms with Gasteiger partial charge < -0.3 is 9.84 Å². The summed E-state index contributed by atoms with van der Waals surface area (Å²) in [5.74, 6) is -2.42.